The van der Waals surface area contributed by atoms with Gasteiger partial charge in [0.2, 0.25) is 5.91 Å². The van der Waals surface area contributed by atoms with Crippen molar-refractivity contribution in [2.75, 3.05) is 13.1 Å². The number of nitrogens with zero attached hydrogens (tertiary/aromatic N) is 2. The highest BCUT2D eigenvalue weighted by atomic mass is 16.3. The van der Waals surface area contributed by atoms with Gasteiger partial charge in [0.1, 0.15) is 0 Å². The van der Waals surface area contributed by atoms with Gasteiger partial charge in [0, 0.05) is 37.2 Å². The van der Waals surface area contributed by atoms with Gasteiger partial charge in [-0.3, -0.25) is 9.59 Å². The second kappa shape index (κ2) is 6.63. The minimum Gasteiger partial charge on any atom is -0.459 e. The molecule has 2 fully saturated rings. The van der Waals surface area contributed by atoms with Crippen molar-refractivity contribution < 1.29 is 14.0 Å². The molecule has 136 valence electrons. The molecule has 2 aliphatic rings. The lowest BCUT2D eigenvalue weighted by Crippen LogP contribution is -2.53. The molecule has 0 saturated carbocycles. The SMILES string of the molecule is Cc1ccoc1C(=O)N1CCC2(CCC(=O)N2Cc2ccccc2)CC1. The summed E-state index contributed by atoms with van der Waals surface area (Å²) in [6.45, 7) is 3.87. The number of piperidine rings is 1. The van der Waals surface area contributed by atoms with Crippen LogP contribution in [0.1, 0.15) is 47.4 Å². The molecule has 2 aromatic rings. The van der Waals surface area contributed by atoms with Crippen LogP contribution in [0.5, 0.6) is 0 Å². The van der Waals surface area contributed by atoms with E-state index >= 15 is 0 Å². The minimum atomic E-state index is -0.109. The van der Waals surface area contributed by atoms with Crippen molar-refractivity contribution in [2.24, 2.45) is 0 Å². The Kier molecular flexibility index (Phi) is 4.31. The third-order valence-corrected chi connectivity index (χ3v) is 5.90. The number of carbonyl (C=O) groups is 2. The van der Waals surface area contributed by atoms with Crippen LogP contribution in [0.3, 0.4) is 0 Å². The standard InChI is InChI=1S/C21H24N2O3/c1-16-8-14-26-19(16)20(25)22-12-10-21(11-13-22)9-7-18(24)23(21)15-17-5-3-2-4-6-17/h2-6,8,14H,7,9-13,15H2,1H3. The predicted molar refractivity (Wildman–Crippen MR) is 97.5 cm³/mol. The number of hydrogen-bond donors (Lipinski definition) is 0. The van der Waals surface area contributed by atoms with E-state index in [4.69, 9.17) is 4.42 Å². The number of rotatable bonds is 3. The molecule has 2 amide bonds. The van der Waals surface area contributed by atoms with Crippen molar-refractivity contribution in [1.29, 1.82) is 0 Å². The van der Waals surface area contributed by atoms with E-state index < -0.39 is 0 Å². The number of hydrogen-bond acceptors (Lipinski definition) is 3. The smallest absolute Gasteiger partial charge is 0.289 e. The molecule has 0 bridgehead atoms. The van der Waals surface area contributed by atoms with Crippen LogP contribution in [-0.2, 0) is 11.3 Å². The Morgan fingerprint density at radius 2 is 1.85 bits per heavy atom. The first-order valence-corrected chi connectivity index (χ1v) is 9.27. The highest BCUT2D eigenvalue weighted by Crippen LogP contribution is 2.40. The third kappa shape index (κ3) is 2.91. The van der Waals surface area contributed by atoms with E-state index in [0.29, 0.717) is 31.8 Å². The van der Waals surface area contributed by atoms with Crippen molar-refractivity contribution in [3.63, 3.8) is 0 Å². The van der Waals surface area contributed by atoms with Crippen molar-refractivity contribution in [3.05, 3.63) is 59.5 Å². The van der Waals surface area contributed by atoms with Crippen LogP contribution >= 0.6 is 0 Å². The van der Waals surface area contributed by atoms with E-state index in [9.17, 15) is 9.59 Å². The highest BCUT2D eigenvalue weighted by molar-refractivity contribution is 5.93. The molecule has 3 heterocycles. The third-order valence-electron chi connectivity index (χ3n) is 5.90. The Morgan fingerprint density at radius 3 is 2.50 bits per heavy atom. The molecule has 0 aliphatic carbocycles. The summed E-state index contributed by atoms with van der Waals surface area (Å²) in [5, 5.41) is 0. The molecule has 5 nitrogen and oxygen atoms in total. The predicted octanol–water partition coefficient (Wildman–Crippen LogP) is 3.39. The second-order valence-corrected chi connectivity index (χ2v) is 7.41. The fourth-order valence-electron chi connectivity index (χ4n) is 4.28. The second-order valence-electron chi connectivity index (χ2n) is 7.41. The zero-order chi connectivity index (χ0) is 18.1. The Bertz CT molecular complexity index is 804. The van der Waals surface area contributed by atoms with Gasteiger partial charge in [0.15, 0.2) is 5.76 Å². The van der Waals surface area contributed by atoms with Crippen molar-refractivity contribution in [3.8, 4) is 0 Å². The summed E-state index contributed by atoms with van der Waals surface area (Å²) in [5.41, 5.74) is 1.92. The number of likely N-dealkylation sites (tertiary alicyclic amines) is 2. The molecule has 0 N–H and O–H groups in total. The summed E-state index contributed by atoms with van der Waals surface area (Å²) in [7, 11) is 0. The van der Waals surface area contributed by atoms with Crippen LogP contribution in [0, 0.1) is 6.92 Å². The fourth-order valence-corrected chi connectivity index (χ4v) is 4.28. The molecule has 26 heavy (non-hydrogen) atoms. The van der Waals surface area contributed by atoms with Crippen LogP contribution in [0.25, 0.3) is 0 Å². The van der Waals surface area contributed by atoms with E-state index in [1.807, 2.05) is 36.1 Å². The van der Waals surface area contributed by atoms with Crippen molar-refractivity contribution >= 4 is 11.8 Å². The summed E-state index contributed by atoms with van der Waals surface area (Å²) in [6, 6.07) is 12.0. The van der Waals surface area contributed by atoms with Gasteiger partial charge in [0.05, 0.1) is 6.26 Å². The molecule has 0 atom stereocenters. The van der Waals surface area contributed by atoms with Gasteiger partial charge >= 0.3 is 0 Å². The molecule has 2 saturated heterocycles. The first kappa shape index (κ1) is 16.9. The van der Waals surface area contributed by atoms with E-state index in [-0.39, 0.29) is 17.4 Å². The van der Waals surface area contributed by atoms with E-state index in [2.05, 4.69) is 17.0 Å². The first-order valence-electron chi connectivity index (χ1n) is 9.27. The van der Waals surface area contributed by atoms with Crippen LogP contribution in [0.4, 0.5) is 0 Å². The minimum absolute atomic E-state index is 0.0405. The van der Waals surface area contributed by atoms with E-state index in [1.54, 1.807) is 6.26 Å². The summed E-state index contributed by atoms with van der Waals surface area (Å²) >= 11 is 0. The highest BCUT2D eigenvalue weighted by Gasteiger charge is 2.47. The molecular formula is C21H24N2O3. The fraction of sp³-hybridized carbons (Fsp3) is 0.429. The lowest BCUT2D eigenvalue weighted by atomic mass is 9.84. The Hall–Kier alpha value is -2.56. The Morgan fingerprint density at radius 1 is 1.12 bits per heavy atom. The van der Waals surface area contributed by atoms with Crippen molar-refractivity contribution in [1.82, 2.24) is 9.80 Å². The van der Waals surface area contributed by atoms with Crippen molar-refractivity contribution in [2.45, 2.75) is 44.7 Å². The summed E-state index contributed by atoms with van der Waals surface area (Å²) in [4.78, 5) is 29.1. The van der Waals surface area contributed by atoms with Gasteiger partial charge in [0.25, 0.3) is 5.91 Å². The molecular weight excluding hydrogens is 328 g/mol. The molecule has 1 spiro atoms. The molecule has 1 aromatic heterocycles. The number of aryl methyl sites for hydroxylation is 1. The Labute approximate surface area is 153 Å². The lowest BCUT2D eigenvalue weighted by molar-refractivity contribution is -0.133. The summed E-state index contributed by atoms with van der Waals surface area (Å²) in [6.07, 6.45) is 4.72. The maximum Gasteiger partial charge on any atom is 0.289 e. The number of amides is 2. The van der Waals surface area contributed by atoms with Gasteiger partial charge in [-0.1, -0.05) is 30.3 Å². The van der Waals surface area contributed by atoms with E-state index in [1.165, 1.54) is 0 Å². The maximum absolute atomic E-state index is 12.7. The van der Waals surface area contributed by atoms with Gasteiger partial charge in [-0.25, -0.2) is 0 Å². The average molecular weight is 352 g/mol. The Balaban J connectivity index is 1.47. The zero-order valence-electron chi connectivity index (χ0n) is 15.1. The van der Waals surface area contributed by atoms with Crippen LogP contribution < -0.4 is 0 Å². The summed E-state index contributed by atoms with van der Waals surface area (Å²) in [5.74, 6) is 0.626. The zero-order valence-corrected chi connectivity index (χ0v) is 15.1. The van der Waals surface area contributed by atoms with Gasteiger partial charge in [-0.2, -0.15) is 0 Å². The van der Waals surface area contributed by atoms with Crippen LogP contribution in [0.15, 0.2) is 47.1 Å². The van der Waals surface area contributed by atoms with Gasteiger partial charge in [-0.05, 0) is 37.8 Å². The maximum atomic E-state index is 12.7. The summed E-state index contributed by atoms with van der Waals surface area (Å²) < 4.78 is 5.36. The number of carbonyl (C=O) groups excluding carboxylic acids is 2. The molecule has 1 aromatic carbocycles. The molecule has 4 rings (SSSR count). The number of furan rings is 1. The van der Waals surface area contributed by atoms with Gasteiger partial charge in [-0.15, -0.1) is 0 Å². The normalized spacial score (nSPS) is 19.3. The lowest BCUT2D eigenvalue weighted by Gasteiger charge is -2.45. The monoisotopic (exact) mass is 352 g/mol. The van der Waals surface area contributed by atoms with E-state index in [0.717, 1.165) is 30.4 Å². The molecule has 5 heteroatoms. The average Bonchev–Trinajstić information content (AvgIpc) is 3.22. The van der Waals surface area contributed by atoms with Gasteiger partial charge < -0.3 is 14.2 Å². The van der Waals surface area contributed by atoms with Crippen LogP contribution in [-0.4, -0.2) is 40.2 Å². The molecule has 2 aliphatic heterocycles. The quantitative estimate of drug-likeness (QED) is 0.851. The largest absolute Gasteiger partial charge is 0.459 e. The molecule has 0 radical (unpaired) electrons. The van der Waals surface area contributed by atoms with Crippen LogP contribution in [0.2, 0.25) is 0 Å². The first-order chi connectivity index (χ1) is 12.6. The number of benzene rings is 1. The topological polar surface area (TPSA) is 53.8 Å². The molecule has 0 unspecified atom stereocenters.